The van der Waals surface area contributed by atoms with Gasteiger partial charge in [0, 0.05) is 25.5 Å². The number of carbonyl (C=O) groups excluding carboxylic acids is 1. The Bertz CT molecular complexity index is 367. The van der Waals surface area contributed by atoms with E-state index in [2.05, 4.69) is 9.97 Å². The van der Waals surface area contributed by atoms with Crippen molar-refractivity contribution < 1.29 is 14.7 Å². The first kappa shape index (κ1) is 12.1. The number of carbonyl (C=O) groups is 2. The van der Waals surface area contributed by atoms with Gasteiger partial charge in [-0.2, -0.15) is 0 Å². The average molecular weight is 223 g/mol. The van der Waals surface area contributed by atoms with Crippen LogP contribution >= 0.6 is 0 Å². The van der Waals surface area contributed by atoms with Gasteiger partial charge in [0.15, 0.2) is 0 Å². The summed E-state index contributed by atoms with van der Waals surface area (Å²) in [5.74, 6) is -1.17. The van der Waals surface area contributed by atoms with Crippen molar-refractivity contribution in [3.63, 3.8) is 0 Å². The zero-order valence-corrected chi connectivity index (χ0v) is 8.96. The maximum absolute atomic E-state index is 11.8. The van der Waals surface area contributed by atoms with Gasteiger partial charge in [-0.25, -0.2) is 9.97 Å². The molecular formula is C10H13N3O3. The molecule has 0 unspecified atom stereocenters. The largest absolute Gasteiger partial charge is 0.481 e. The molecule has 0 spiro atoms. The number of aliphatic carboxylic acids is 1. The second-order valence-corrected chi connectivity index (χ2v) is 3.16. The van der Waals surface area contributed by atoms with Crippen LogP contribution in [0, 0.1) is 0 Å². The second-order valence-electron chi connectivity index (χ2n) is 3.16. The van der Waals surface area contributed by atoms with E-state index >= 15 is 0 Å². The van der Waals surface area contributed by atoms with Gasteiger partial charge in [0.1, 0.15) is 6.33 Å². The van der Waals surface area contributed by atoms with Crippen LogP contribution in [0.4, 0.5) is 0 Å². The van der Waals surface area contributed by atoms with E-state index in [0.29, 0.717) is 12.1 Å². The minimum Gasteiger partial charge on any atom is -0.481 e. The van der Waals surface area contributed by atoms with Crippen molar-refractivity contribution in [1.82, 2.24) is 14.9 Å². The first-order valence-corrected chi connectivity index (χ1v) is 4.91. The Kier molecular flexibility index (Phi) is 4.38. The van der Waals surface area contributed by atoms with E-state index in [1.165, 1.54) is 23.6 Å². The highest BCUT2D eigenvalue weighted by Crippen LogP contribution is 2.02. The minimum absolute atomic E-state index is 0.0622. The van der Waals surface area contributed by atoms with Crippen molar-refractivity contribution in [2.24, 2.45) is 0 Å². The number of hydrogen-bond donors (Lipinski definition) is 1. The van der Waals surface area contributed by atoms with Crippen molar-refractivity contribution in [1.29, 1.82) is 0 Å². The summed E-state index contributed by atoms with van der Waals surface area (Å²) < 4.78 is 0. The van der Waals surface area contributed by atoms with Gasteiger partial charge in [0.25, 0.3) is 5.91 Å². The Hall–Kier alpha value is -1.98. The van der Waals surface area contributed by atoms with Crippen LogP contribution in [0.1, 0.15) is 23.7 Å². The van der Waals surface area contributed by atoms with Gasteiger partial charge in [-0.3, -0.25) is 9.59 Å². The summed E-state index contributed by atoms with van der Waals surface area (Å²) in [6.45, 7) is 2.45. The van der Waals surface area contributed by atoms with Crippen LogP contribution in [0.5, 0.6) is 0 Å². The van der Waals surface area contributed by atoms with E-state index in [0.717, 1.165) is 0 Å². The number of nitrogens with zero attached hydrogens (tertiary/aromatic N) is 3. The molecule has 6 heteroatoms. The summed E-state index contributed by atoms with van der Waals surface area (Å²) in [5, 5.41) is 8.55. The lowest BCUT2D eigenvalue weighted by atomic mass is 10.2. The molecular weight excluding hydrogens is 210 g/mol. The molecule has 0 atom stereocenters. The highest BCUT2D eigenvalue weighted by molar-refractivity contribution is 5.93. The predicted octanol–water partition coefficient (Wildman–Crippen LogP) is 0.413. The zero-order valence-electron chi connectivity index (χ0n) is 8.96. The molecule has 0 aliphatic heterocycles. The van der Waals surface area contributed by atoms with E-state index in [1.807, 2.05) is 0 Å². The predicted molar refractivity (Wildman–Crippen MR) is 55.9 cm³/mol. The van der Waals surface area contributed by atoms with E-state index < -0.39 is 5.97 Å². The SMILES string of the molecule is CCN(CCC(=O)O)C(=O)c1cncnc1. The topological polar surface area (TPSA) is 83.4 Å². The lowest BCUT2D eigenvalue weighted by molar-refractivity contribution is -0.137. The van der Waals surface area contributed by atoms with Crippen molar-refractivity contribution >= 4 is 11.9 Å². The number of carboxylic acids is 1. The molecule has 1 amide bonds. The lowest BCUT2D eigenvalue weighted by Crippen LogP contribution is -2.32. The molecule has 0 bridgehead atoms. The van der Waals surface area contributed by atoms with Crippen molar-refractivity contribution in [3.05, 3.63) is 24.3 Å². The molecule has 0 aliphatic carbocycles. The Balaban J connectivity index is 2.66. The first-order chi connectivity index (χ1) is 7.65. The minimum atomic E-state index is -0.921. The highest BCUT2D eigenvalue weighted by Gasteiger charge is 2.15. The third-order valence-electron chi connectivity index (χ3n) is 2.07. The number of hydrogen-bond acceptors (Lipinski definition) is 4. The Morgan fingerprint density at radius 2 is 2.00 bits per heavy atom. The molecule has 0 radical (unpaired) electrons. The fraction of sp³-hybridized carbons (Fsp3) is 0.400. The van der Waals surface area contributed by atoms with Gasteiger partial charge in [0.05, 0.1) is 12.0 Å². The molecule has 1 N–H and O–H groups in total. The number of rotatable bonds is 5. The summed E-state index contributed by atoms with van der Waals surface area (Å²) in [7, 11) is 0. The van der Waals surface area contributed by atoms with Crippen molar-refractivity contribution in [2.75, 3.05) is 13.1 Å². The van der Waals surface area contributed by atoms with Crippen LogP contribution in [0.3, 0.4) is 0 Å². The average Bonchev–Trinajstić information content (AvgIpc) is 2.30. The van der Waals surface area contributed by atoms with Crippen LogP contribution in [0.2, 0.25) is 0 Å². The molecule has 16 heavy (non-hydrogen) atoms. The third-order valence-corrected chi connectivity index (χ3v) is 2.07. The monoisotopic (exact) mass is 223 g/mol. The Labute approximate surface area is 92.9 Å². The number of carboxylic acid groups (broad SMARTS) is 1. The third kappa shape index (κ3) is 3.30. The molecule has 1 heterocycles. The maximum atomic E-state index is 11.8. The molecule has 0 aromatic carbocycles. The second kappa shape index (κ2) is 5.79. The van der Waals surface area contributed by atoms with Crippen LogP contribution in [0.25, 0.3) is 0 Å². The van der Waals surface area contributed by atoms with Gasteiger partial charge < -0.3 is 10.0 Å². The van der Waals surface area contributed by atoms with Crippen LogP contribution in [-0.2, 0) is 4.79 Å². The molecule has 1 aromatic rings. The van der Waals surface area contributed by atoms with Crippen LogP contribution < -0.4 is 0 Å². The maximum Gasteiger partial charge on any atom is 0.305 e. The van der Waals surface area contributed by atoms with Gasteiger partial charge in [0.2, 0.25) is 0 Å². The highest BCUT2D eigenvalue weighted by atomic mass is 16.4. The summed E-state index contributed by atoms with van der Waals surface area (Å²) >= 11 is 0. The fourth-order valence-electron chi connectivity index (χ4n) is 1.23. The summed E-state index contributed by atoms with van der Waals surface area (Å²) in [6.07, 6.45) is 4.11. The van der Waals surface area contributed by atoms with Gasteiger partial charge in [-0.15, -0.1) is 0 Å². The number of aromatic nitrogens is 2. The quantitative estimate of drug-likeness (QED) is 0.781. The molecule has 6 nitrogen and oxygen atoms in total. The molecule has 86 valence electrons. The van der Waals surface area contributed by atoms with E-state index in [-0.39, 0.29) is 18.9 Å². The molecule has 0 saturated heterocycles. The summed E-state index contributed by atoms with van der Waals surface area (Å²) in [5.41, 5.74) is 0.370. The first-order valence-electron chi connectivity index (χ1n) is 4.91. The van der Waals surface area contributed by atoms with Crippen LogP contribution in [-0.4, -0.2) is 44.9 Å². The van der Waals surface area contributed by atoms with Gasteiger partial charge >= 0.3 is 5.97 Å². The Morgan fingerprint density at radius 1 is 1.38 bits per heavy atom. The normalized spacial score (nSPS) is 9.81. The van der Waals surface area contributed by atoms with E-state index in [4.69, 9.17) is 5.11 Å². The summed E-state index contributed by atoms with van der Waals surface area (Å²) in [6, 6.07) is 0. The molecule has 0 fully saturated rings. The van der Waals surface area contributed by atoms with Crippen LogP contribution in [0.15, 0.2) is 18.7 Å². The van der Waals surface area contributed by atoms with E-state index in [9.17, 15) is 9.59 Å². The van der Waals surface area contributed by atoms with Gasteiger partial charge in [-0.05, 0) is 6.92 Å². The lowest BCUT2D eigenvalue weighted by Gasteiger charge is -2.19. The molecule has 0 saturated carbocycles. The standard InChI is InChI=1S/C10H13N3O3/c1-2-13(4-3-9(14)15)10(16)8-5-11-7-12-6-8/h5-7H,2-4H2,1H3,(H,14,15). The molecule has 0 aliphatic rings. The van der Waals surface area contributed by atoms with E-state index in [1.54, 1.807) is 6.92 Å². The zero-order chi connectivity index (χ0) is 12.0. The van der Waals surface area contributed by atoms with Crippen molar-refractivity contribution in [2.45, 2.75) is 13.3 Å². The fourth-order valence-corrected chi connectivity index (χ4v) is 1.23. The molecule has 1 rings (SSSR count). The van der Waals surface area contributed by atoms with Gasteiger partial charge in [-0.1, -0.05) is 0 Å². The number of amides is 1. The smallest absolute Gasteiger partial charge is 0.305 e. The Morgan fingerprint density at radius 3 is 2.50 bits per heavy atom. The van der Waals surface area contributed by atoms with Crippen molar-refractivity contribution in [3.8, 4) is 0 Å². The molecule has 1 aromatic heterocycles. The summed E-state index contributed by atoms with van der Waals surface area (Å²) in [4.78, 5) is 31.2.